The van der Waals surface area contributed by atoms with Crippen LogP contribution in [-0.2, 0) is 4.74 Å². The summed E-state index contributed by atoms with van der Waals surface area (Å²) in [5.74, 6) is -1.43. The lowest BCUT2D eigenvalue weighted by atomic mass is 9.91. The Morgan fingerprint density at radius 2 is 1.89 bits per heavy atom. The summed E-state index contributed by atoms with van der Waals surface area (Å²) in [5, 5.41) is 25.0. The maximum atomic E-state index is 16.7. The molecule has 4 fully saturated rings. The van der Waals surface area contributed by atoms with Crippen molar-refractivity contribution in [1.82, 2.24) is 20.2 Å². The molecule has 3 aromatic carbocycles. The molecule has 4 bridgehead atoms. The fraction of sp³-hybridized carbons (Fsp3) is 0.424. The van der Waals surface area contributed by atoms with Crippen LogP contribution >= 0.6 is 0 Å². The van der Waals surface area contributed by atoms with Crippen molar-refractivity contribution < 1.29 is 23.4 Å². The van der Waals surface area contributed by atoms with Crippen LogP contribution < -0.4 is 15.0 Å². The van der Waals surface area contributed by atoms with Gasteiger partial charge in [0.05, 0.1) is 37.0 Å². The number of ether oxygens (including phenoxy) is 2. The highest BCUT2D eigenvalue weighted by Gasteiger charge is 2.41. The molecule has 11 heteroatoms. The van der Waals surface area contributed by atoms with E-state index in [1.54, 1.807) is 18.2 Å². The Labute approximate surface area is 253 Å². The molecular weight excluding hydrogens is 566 g/mol. The predicted molar refractivity (Wildman–Crippen MR) is 161 cm³/mol. The number of halogens is 2. The number of piperazine rings is 1. The molecule has 226 valence electrons. The Hall–Kier alpha value is -4.11. The van der Waals surface area contributed by atoms with Crippen molar-refractivity contribution in [3.63, 3.8) is 0 Å². The van der Waals surface area contributed by atoms with Gasteiger partial charge in [-0.25, -0.2) is 8.78 Å². The highest BCUT2D eigenvalue weighted by molar-refractivity contribution is 6.04. The molecule has 0 radical (unpaired) electrons. The van der Waals surface area contributed by atoms with Crippen LogP contribution in [0.2, 0.25) is 0 Å². The standard InChI is InChI=1S/C33H32F2N6O3/c34-27-12-26-31(30(35)29(27)25-11-24(42)9-18-3-1-4-19(13-36)28(18)25)38-33(39-32(26)40-14-20-5-6-21(15-40)37-20)44-8-2-7-41-22-10-23(41)17-43-16-22/h1,3-4,9,11-12,20-23,37,42H,2,5-8,10,14-17H2. The van der Waals surface area contributed by atoms with Crippen LogP contribution in [-0.4, -0.2) is 83.6 Å². The summed E-state index contributed by atoms with van der Waals surface area (Å²) < 4.78 is 44.4. The molecule has 0 aliphatic carbocycles. The van der Waals surface area contributed by atoms with Crippen LogP contribution in [0.1, 0.15) is 31.2 Å². The van der Waals surface area contributed by atoms with E-state index in [1.807, 2.05) is 0 Å². The monoisotopic (exact) mass is 598 g/mol. The summed E-state index contributed by atoms with van der Waals surface area (Å²) in [6, 6.07) is 12.6. The van der Waals surface area contributed by atoms with Crippen molar-refractivity contribution in [2.75, 3.05) is 44.4 Å². The molecule has 8 rings (SSSR count). The number of aromatic nitrogens is 2. The number of benzene rings is 3. The average Bonchev–Trinajstić information content (AvgIpc) is 3.37. The third-order valence-electron chi connectivity index (χ3n) is 9.60. The van der Waals surface area contributed by atoms with Gasteiger partial charge in [0.1, 0.15) is 22.9 Å². The minimum absolute atomic E-state index is 0.0421. The third kappa shape index (κ3) is 4.60. The molecule has 0 amide bonds. The predicted octanol–water partition coefficient (Wildman–Crippen LogP) is 4.49. The summed E-state index contributed by atoms with van der Waals surface area (Å²) in [4.78, 5) is 13.7. The second kappa shape index (κ2) is 10.8. The van der Waals surface area contributed by atoms with Crippen molar-refractivity contribution in [3.05, 3.63) is 53.6 Å². The van der Waals surface area contributed by atoms with E-state index < -0.39 is 11.6 Å². The maximum Gasteiger partial charge on any atom is 0.319 e. The van der Waals surface area contributed by atoms with Gasteiger partial charge in [-0.15, -0.1) is 0 Å². The van der Waals surface area contributed by atoms with E-state index in [0.717, 1.165) is 39.0 Å². The van der Waals surface area contributed by atoms with E-state index in [1.165, 1.54) is 24.6 Å². The zero-order valence-electron chi connectivity index (χ0n) is 24.1. The van der Waals surface area contributed by atoms with Gasteiger partial charge in [-0.1, -0.05) is 12.1 Å². The van der Waals surface area contributed by atoms with Crippen LogP contribution in [0.15, 0.2) is 36.4 Å². The summed E-state index contributed by atoms with van der Waals surface area (Å²) in [6.45, 7) is 4.08. The molecule has 4 atom stereocenters. The molecule has 44 heavy (non-hydrogen) atoms. The second-order valence-corrected chi connectivity index (χ2v) is 12.3. The Balaban J connectivity index is 1.20. The first-order valence-electron chi connectivity index (χ1n) is 15.3. The van der Waals surface area contributed by atoms with E-state index in [9.17, 15) is 10.4 Å². The number of rotatable bonds is 7. The molecule has 4 aromatic rings. The van der Waals surface area contributed by atoms with E-state index >= 15 is 8.78 Å². The number of aromatic hydroxyl groups is 1. The first-order chi connectivity index (χ1) is 21.5. The average molecular weight is 599 g/mol. The number of fused-ring (bicyclic) bond motifs is 6. The number of nitriles is 1. The van der Waals surface area contributed by atoms with Gasteiger partial charge in [0.2, 0.25) is 0 Å². The first kappa shape index (κ1) is 27.4. The number of hydrogen-bond donors (Lipinski definition) is 2. The summed E-state index contributed by atoms with van der Waals surface area (Å²) in [5.41, 5.74) is -0.0878. The number of morpholine rings is 1. The van der Waals surface area contributed by atoms with Crippen molar-refractivity contribution in [3.8, 4) is 29.0 Å². The zero-order valence-corrected chi connectivity index (χ0v) is 24.1. The minimum Gasteiger partial charge on any atom is -0.508 e. The van der Waals surface area contributed by atoms with Crippen molar-refractivity contribution >= 4 is 27.5 Å². The van der Waals surface area contributed by atoms with E-state index in [2.05, 4.69) is 26.2 Å². The van der Waals surface area contributed by atoms with Crippen molar-refractivity contribution in [2.24, 2.45) is 0 Å². The molecular formula is C33H32F2N6O3. The number of phenolic OH excluding ortho intramolecular Hbond substituents is 1. The molecule has 4 unspecified atom stereocenters. The fourth-order valence-electron chi connectivity index (χ4n) is 7.57. The van der Waals surface area contributed by atoms with Gasteiger partial charge in [-0.3, -0.25) is 4.90 Å². The molecule has 4 saturated heterocycles. The Morgan fingerprint density at radius 1 is 1.09 bits per heavy atom. The molecule has 1 aromatic heterocycles. The van der Waals surface area contributed by atoms with Crippen molar-refractivity contribution in [1.29, 1.82) is 5.26 Å². The maximum absolute atomic E-state index is 16.7. The lowest BCUT2D eigenvalue weighted by Crippen LogP contribution is -2.63. The highest BCUT2D eigenvalue weighted by atomic mass is 19.1. The smallest absolute Gasteiger partial charge is 0.319 e. The van der Waals surface area contributed by atoms with Crippen LogP contribution in [0.25, 0.3) is 32.8 Å². The molecule has 9 nitrogen and oxygen atoms in total. The summed E-state index contributed by atoms with van der Waals surface area (Å²) in [6.07, 6.45) is 4.00. The van der Waals surface area contributed by atoms with E-state index in [-0.39, 0.29) is 51.4 Å². The van der Waals surface area contributed by atoms with Gasteiger partial charge in [-0.2, -0.15) is 15.2 Å². The van der Waals surface area contributed by atoms with Gasteiger partial charge in [0.25, 0.3) is 0 Å². The number of anilines is 1. The van der Waals surface area contributed by atoms with Crippen molar-refractivity contribution in [2.45, 2.75) is 49.9 Å². The number of nitrogens with one attached hydrogen (secondary N) is 1. The topological polar surface area (TPSA) is 107 Å². The Kier molecular flexibility index (Phi) is 6.74. The second-order valence-electron chi connectivity index (χ2n) is 12.3. The molecule has 2 N–H and O–H groups in total. The van der Waals surface area contributed by atoms with Crippen LogP contribution in [0.3, 0.4) is 0 Å². The van der Waals surface area contributed by atoms with Gasteiger partial charge < -0.3 is 24.8 Å². The van der Waals surface area contributed by atoms with Gasteiger partial charge in [0.15, 0.2) is 5.82 Å². The van der Waals surface area contributed by atoms with Gasteiger partial charge >= 0.3 is 6.01 Å². The van der Waals surface area contributed by atoms with Gasteiger partial charge in [-0.05, 0) is 55.3 Å². The molecule has 0 spiro atoms. The van der Waals surface area contributed by atoms with E-state index in [4.69, 9.17) is 14.5 Å². The van der Waals surface area contributed by atoms with Crippen LogP contribution in [0, 0.1) is 23.0 Å². The molecule has 4 aliphatic heterocycles. The molecule has 4 aliphatic rings. The Morgan fingerprint density at radius 3 is 2.64 bits per heavy atom. The van der Waals surface area contributed by atoms with Gasteiger partial charge in [0, 0.05) is 60.1 Å². The third-order valence-corrected chi connectivity index (χ3v) is 9.60. The van der Waals surface area contributed by atoms with Crippen LogP contribution in [0.4, 0.5) is 14.6 Å². The fourth-order valence-corrected chi connectivity index (χ4v) is 7.57. The van der Waals surface area contributed by atoms with Crippen LogP contribution in [0.5, 0.6) is 11.8 Å². The summed E-state index contributed by atoms with van der Waals surface area (Å²) >= 11 is 0. The number of phenols is 1. The molecule has 0 saturated carbocycles. The van der Waals surface area contributed by atoms with E-state index in [0.29, 0.717) is 48.4 Å². The lowest BCUT2D eigenvalue weighted by Gasteiger charge is -2.52. The SMILES string of the molecule is N#Cc1cccc2cc(O)cc(-c3c(F)cc4c(N5CC6CCC(C5)N6)nc(OCCCN5C6COCC5C6)nc4c3F)c12. The first-order valence-corrected chi connectivity index (χ1v) is 15.3. The number of nitrogens with zero attached hydrogens (tertiary/aromatic N) is 5. The minimum atomic E-state index is -0.889. The lowest BCUT2D eigenvalue weighted by molar-refractivity contribution is -0.127. The largest absolute Gasteiger partial charge is 0.508 e. The molecule has 5 heterocycles. The normalized spacial score (nSPS) is 24.4. The number of hydrogen-bond acceptors (Lipinski definition) is 9. The Bertz CT molecular complexity index is 1800. The summed E-state index contributed by atoms with van der Waals surface area (Å²) in [7, 11) is 0. The highest BCUT2D eigenvalue weighted by Crippen LogP contribution is 2.41. The zero-order chi connectivity index (χ0) is 29.9. The quantitative estimate of drug-likeness (QED) is 0.298.